The highest BCUT2D eigenvalue weighted by Crippen LogP contribution is 2.17. The molecular weight excluding hydrogens is 176 g/mol. The maximum absolute atomic E-state index is 11.9. The predicted molar refractivity (Wildman–Crippen MR) is 57.9 cm³/mol. The number of carbonyl (C=O) groups is 1. The Morgan fingerprint density at radius 2 is 2.21 bits per heavy atom. The molecule has 1 aliphatic rings. The topological polar surface area (TPSA) is 46.3 Å². The van der Waals surface area contributed by atoms with Crippen molar-refractivity contribution in [1.29, 1.82) is 0 Å². The molecule has 0 bridgehead atoms. The van der Waals surface area contributed by atoms with Gasteiger partial charge in [0, 0.05) is 12.6 Å². The molecule has 2 N–H and O–H groups in total. The van der Waals surface area contributed by atoms with Crippen LogP contribution < -0.4 is 5.73 Å². The van der Waals surface area contributed by atoms with Gasteiger partial charge in [0.25, 0.3) is 0 Å². The summed E-state index contributed by atoms with van der Waals surface area (Å²) in [5, 5.41) is 0. The molecule has 2 atom stereocenters. The normalized spacial score (nSPS) is 25.6. The molecule has 1 amide bonds. The molecule has 0 aromatic rings. The maximum atomic E-state index is 11.9. The van der Waals surface area contributed by atoms with Gasteiger partial charge in [-0.3, -0.25) is 4.79 Å². The Bertz CT molecular complexity index is 194. The lowest BCUT2D eigenvalue weighted by Crippen LogP contribution is -2.47. The lowest BCUT2D eigenvalue weighted by atomic mass is 10.1. The Labute approximate surface area is 86.6 Å². The van der Waals surface area contributed by atoms with E-state index >= 15 is 0 Å². The van der Waals surface area contributed by atoms with E-state index in [4.69, 9.17) is 5.73 Å². The monoisotopic (exact) mass is 198 g/mol. The van der Waals surface area contributed by atoms with E-state index in [0.29, 0.717) is 6.04 Å². The van der Waals surface area contributed by atoms with Crippen molar-refractivity contribution in [2.45, 2.75) is 58.0 Å². The standard InChI is InChI=1S/C11H22N2O/c1-3-10(12)11(14)13-8-6-4-5-7-9(13)2/h9-10H,3-8,12H2,1-2H3. The highest BCUT2D eigenvalue weighted by atomic mass is 16.2. The zero-order valence-corrected chi connectivity index (χ0v) is 9.33. The predicted octanol–water partition coefficient (Wildman–Crippen LogP) is 1.51. The molecule has 3 heteroatoms. The molecule has 82 valence electrons. The fraction of sp³-hybridized carbons (Fsp3) is 0.909. The van der Waals surface area contributed by atoms with Crippen molar-refractivity contribution in [3.63, 3.8) is 0 Å². The number of hydrogen-bond donors (Lipinski definition) is 1. The molecule has 0 spiro atoms. The van der Waals surface area contributed by atoms with E-state index in [0.717, 1.165) is 25.8 Å². The molecule has 0 aliphatic carbocycles. The first-order valence-corrected chi connectivity index (χ1v) is 5.73. The molecule has 0 radical (unpaired) electrons. The highest BCUT2D eigenvalue weighted by Gasteiger charge is 2.24. The average Bonchev–Trinajstić information content (AvgIpc) is 2.40. The number of carbonyl (C=O) groups excluding carboxylic acids is 1. The first-order chi connectivity index (χ1) is 6.66. The third-order valence-electron chi connectivity index (χ3n) is 3.09. The van der Waals surface area contributed by atoms with E-state index in [-0.39, 0.29) is 11.9 Å². The Hall–Kier alpha value is -0.570. The van der Waals surface area contributed by atoms with Crippen molar-refractivity contribution in [2.24, 2.45) is 5.73 Å². The number of amides is 1. The van der Waals surface area contributed by atoms with E-state index in [1.165, 1.54) is 12.8 Å². The van der Waals surface area contributed by atoms with Crippen LogP contribution in [0.4, 0.5) is 0 Å². The van der Waals surface area contributed by atoms with Crippen LogP contribution in [-0.2, 0) is 4.79 Å². The van der Waals surface area contributed by atoms with Gasteiger partial charge in [-0.1, -0.05) is 19.8 Å². The summed E-state index contributed by atoms with van der Waals surface area (Å²) >= 11 is 0. The first kappa shape index (κ1) is 11.5. The van der Waals surface area contributed by atoms with Gasteiger partial charge in [0.15, 0.2) is 0 Å². The number of rotatable bonds is 2. The Balaban J connectivity index is 2.58. The van der Waals surface area contributed by atoms with E-state index in [2.05, 4.69) is 6.92 Å². The Morgan fingerprint density at radius 3 is 2.86 bits per heavy atom. The summed E-state index contributed by atoms with van der Waals surface area (Å²) in [5.74, 6) is 0.141. The summed E-state index contributed by atoms with van der Waals surface area (Å²) in [5.41, 5.74) is 5.77. The summed E-state index contributed by atoms with van der Waals surface area (Å²) in [7, 11) is 0. The van der Waals surface area contributed by atoms with Crippen molar-refractivity contribution in [2.75, 3.05) is 6.54 Å². The van der Waals surface area contributed by atoms with Crippen LogP contribution in [0.5, 0.6) is 0 Å². The SMILES string of the molecule is CCC(N)C(=O)N1CCCCCC1C. The van der Waals surface area contributed by atoms with E-state index in [9.17, 15) is 4.79 Å². The Morgan fingerprint density at radius 1 is 1.50 bits per heavy atom. The van der Waals surface area contributed by atoms with Crippen LogP contribution in [0.2, 0.25) is 0 Å². The highest BCUT2D eigenvalue weighted by molar-refractivity contribution is 5.81. The lowest BCUT2D eigenvalue weighted by molar-refractivity contribution is -0.134. The van der Waals surface area contributed by atoms with Gasteiger partial charge >= 0.3 is 0 Å². The summed E-state index contributed by atoms with van der Waals surface area (Å²) < 4.78 is 0. The molecule has 3 nitrogen and oxygen atoms in total. The van der Waals surface area contributed by atoms with Gasteiger partial charge in [-0.15, -0.1) is 0 Å². The van der Waals surface area contributed by atoms with Crippen LogP contribution in [0.25, 0.3) is 0 Å². The van der Waals surface area contributed by atoms with Gasteiger partial charge in [-0.05, 0) is 26.2 Å². The van der Waals surface area contributed by atoms with Crippen LogP contribution in [-0.4, -0.2) is 29.4 Å². The molecule has 1 saturated heterocycles. The van der Waals surface area contributed by atoms with E-state index in [1.807, 2.05) is 11.8 Å². The molecule has 0 saturated carbocycles. The minimum absolute atomic E-state index is 0.141. The van der Waals surface area contributed by atoms with Crippen molar-refractivity contribution >= 4 is 5.91 Å². The second-order valence-electron chi connectivity index (χ2n) is 4.24. The molecule has 1 rings (SSSR count). The Kier molecular flexibility index (Phi) is 4.39. The van der Waals surface area contributed by atoms with Gasteiger partial charge in [-0.2, -0.15) is 0 Å². The largest absolute Gasteiger partial charge is 0.339 e. The van der Waals surface area contributed by atoms with Crippen LogP contribution in [0.1, 0.15) is 46.0 Å². The summed E-state index contributed by atoms with van der Waals surface area (Å²) in [4.78, 5) is 13.9. The van der Waals surface area contributed by atoms with Crippen molar-refractivity contribution in [1.82, 2.24) is 4.90 Å². The average molecular weight is 198 g/mol. The minimum atomic E-state index is -0.296. The number of nitrogens with zero attached hydrogens (tertiary/aromatic N) is 1. The fourth-order valence-electron chi connectivity index (χ4n) is 1.99. The van der Waals surface area contributed by atoms with Gasteiger partial charge < -0.3 is 10.6 Å². The van der Waals surface area contributed by atoms with Gasteiger partial charge in [0.2, 0.25) is 5.91 Å². The zero-order chi connectivity index (χ0) is 10.6. The summed E-state index contributed by atoms with van der Waals surface area (Å²) in [6.45, 7) is 4.99. The van der Waals surface area contributed by atoms with Gasteiger partial charge in [0.05, 0.1) is 6.04 Å². The van der Waals surface area contributed by atoms with Crippen LogP contribution in [0, 0.1) is 0 Å². The lowest BCUT2D eigenvalue weighted by Gasteiger charge is -2.29. The third-order valence-corrected chi connectivity index (χ3v) is 3.09. The third kappa shape index (κ3) is 2.71. The summed E-state index contributed by atoms with van der Waals surface area (Å²) in [6.07, 6.45) is 5.48. The fourth-order valence-corrected chi connectivity index (χ4v) is 1.99. The molecule has 0 aromatic heterocycles. The molecule has 1 heterocycles. The summed E-state index contributed by atoms with van der Waals surface area (Å²) in [6, 6.07) is 0.0816. The van der Waals surface area contributed by atoms with Crippen LogP contribution in [0.15, 0.2) is 0 Å². The molecule has 1 aliphatic heterocycles. The first-order valence-electron chi connectivity index (χ1n) is 5.73. The second-order valence-corrected chi connectivity index (χ2v) is 4.24. The minimum Gasteiger partial charge on any atom is -0.339 e. The van der Waals surface area contributed by atoms with E-state index in [1.54, 1.807) is 0 Å². The smallest absolute Gasteiger partial charge is 0.239 e. The van der Waals surface area contributed by atoms with Crippen molar-refractivity contribution in [3.05, 3.63) is 0 Å². The second kappa shape index (κ2) is 5.35. The number of nitrogens with two attached hydrogens (primary N) is 1. The van der Waals surface area contributed by atoms with Crippen LogP contribution >= 0.6 is 0 Å². The quantitative estimate of drug-likeness (QED) is 0.731. The molecule has 1 fully saturated rings. The van der Waals surface area contributed by atoms with Gasteiger partial charge in [-0.25, -0.2) is 0 Å². The molecular formula is C11H22N2O. The molecule has 2 unspecified atom stereocenters. The van der Waals surface area contributed by atoms with E-state index < -0.39 is 0 Å². The number of hydrogen-bond acceptors (Lipinski definition) is 2. The zero-order valence-electron chi connectivity index (χ0n) is 9.33. The maximum Gasteiger partial charge on any atom is 0.239 e. The van der Waals surface area contributed by atoms with Crippen LogP contribution in [0.3, 0.4) is 0 Å². The number of likely N-dealkylation sites (tertiary alicyclic amines) is 1. The van der Waals surface area contributed by atoms with Crippen molar-refractivity contribution in [3.8, 4) is 0 Å². The molecule has 0 aromatic carbocycles. The van der Waals surface area contributed by atoms with Gasteiger partial charge in [0.1, 0.15) is 0 Å². The van der Waals surface area contributed by atoms with Crippen molar-refractivity contribution < 1.29 is 4.79 Å². The molecule has 14 heavy (non-hydrogen) atoms.